The molecule has 0 aliphatic carbocycles. The third-order valence-electron chi connectivity index (χ3n) is 4.06. The summed E-state index contributed by atoms with van der Waals surface area (Å²) in [5, 5.41) is 4.81. The molecule has 0 radical (unpaired) electrons. The van der Waals surface area contributed by atoms with Gasteiger partial charge in [0.05, 0.1) is 5.56 Å². The van der Waals surface area contributed by atoms with Crippen LogP contribution in [0.5, 0.6) is 0 Å². The molecule has 0 aromatic heterocycles. The lowest BCUT2D eigenvalue weighted by Gasteiger charge is -2.36. The zero-order valence-corrected chi connectivity index (χ0v) is 12.6. The number of piperidine rings is 1. The van der Waals surface area contributed by atoms with Crippen LogP contribution in [0.1, 0.15) is 30.4 Å². The van der Waals surface area contributed by atoms with Crippen LogP contribution in [0.4, 0.5) is 26.3 Å². The number of halogens is 6. The molecular formula is C15H16F6N2O. The van der Waals surface area contributed by atoms with Gasteiger partial charge in [-0.15, -0.1) is 0 Å². The Morgan fingerprint density at radius 1 is 1.21 bits per heavy atom. The first kappa shape index (κ1) is 18.6. The van der Waals surface area contributed by atoms with E-state index >= 15 is 0 Å². The Bertz CT molecular complexity index is 598. The van der Waals surface area contributed by atoms with Gasteiger partial charge >= 0.3 is 18.3 Å². The quantitative estimate of drug-likeness (QED) is 0.801. The summed E-state index contributed by atoms with van der Waals surface area (Å²) in [6, 6.07) is 3.67. The van der Waals surface area contributed by atoms with Crippen LogP contribution in [0.15, 0.2) is 24.3 Å². The summed E-state index contributed by atoms with van der Waals surface area (Å²) in [5.41, 5.74) is -0.440. The predicted molar refractivity (Wildman–Crippen MR) is 74.3 cm³/mol. The molecule has 1 aliphatic rings. The fraction of sp³-hybridized carbons (Fsp3) is 0.533. The summed E-state index contributed by atoms with van der Waals surface area (Å²) in [7, 11) is 0. The van der Waals surface area contributed by atoms with E-state index < -0.39 is 35.8 Å². The molecule has 1 amide bonds. The van der Waals surface area contributed by atoms with E-state index in [0.717, 1.165) is 12.1 Å². The van der Waals surface area contributed by atoms with Crippen LogP contribution in [0.3, 0.4) is 0 Å². The SMILES string of the molecule is CC1NCC(NC(=O)C(F)(F)F)CC1c1cccc(C(F)(F)F)c1. The minimum absolute atomic E-state index is 0.122. The van der Waals surface area contributed by atoms with Gasteiger partial charge in [0.2, 0.25) is 0 Å². The van der Waals surface area contributed by atoms with Crippen LogP contribution in [0.25, 0.3) is 0 Å². The molecule has 3 atom stereocenters. The van der Waals surface area contributed by atoms with E-state index in [0.29, 0.717) is 5.56 Å². The third kappa shape index (κ3) is 4.40. The van der Waals surface area contributed by atoms with Gasteiger partial charge in [0.15, 0.2) is 0 Å². The van der Waals surface area contributed by atoms with Gasteiger partial charge in [-0.05, 0) is 25.0 Å². The molecule has 2 N–H and O–H groups in total. The number of hydrogen-bond donors (Lipinski definition) is 2. The topological polar surface area (TPSA) is 41.1 Å². The second-order valence-electron chi connectivity index (χ2n) is 5.83. The standard InChI is InChI=1S/C15H16F6N2O/c1-8-12(9-3-2-4-10(5-9)14(16,17)18)6-11(7-22-8)23-13(24)15(19,20)21/h2-5,8,11-12,22H,6-7H2,1H3,(H,23,24). The first-order chi connectivity index (χ1) is 11.0. The van der Waals surface area contributed by atoms with Crippen LogP contribution < -0.4 is 10.6 Å². The Morgan fingerprint density at radius 3 is 2.46 bits per heavy atom. The Kier molecular flexibility index (Phi) is 5.12. The number of benzene rings is 1. The van der Waals surface area contributed by atoms with E-state index in [-0.39, 0.29) is 19.0 Å². The van der Waals surface area contributed by atoms with Gasteiger partial charge in [0.1, 0.15) is 0 Å². The van der Waals surface area contributed by atoms with Gasteiger partial charge in [-0.25, -0.2) is 0 Å². The van der Waals surface area contributed by atoms with Crippen molar-refractivity contribution in [2.75, 3.05) is 6.54 Å². The molecule has 134 valence electrons. The largest absolute Gasteiger partial charge is 0.471 e. The van der Waals surface area contributed by atoms with Gasteiger partial charge in [0, 0.05) is 24.5 Å². The highest BCUT2D eigenvalue weighted by Crippen LogP contribution is 2.34. The van der Waals surface area contributed by atoms with E-state index in [1.54, 1.807) is 6.92 Å². The Hall–Kier alpha value is -1.77. The van der Waals surface area contributed by atoms with E-state index in [1.807, 2.05) is 5.32 Å². The average molecular weight is 354 g/mol. The highest BCUT2D eigenvalue weighted by atomic mass is 19.4. The molecule has 1 aromatic rings. The van der Waals surface area contributed by atoms with Crippen molar-refractivity contribution in [3.63, 3.8) is 0 Å². The third-order valence-corrected chi connectivity index (χ3v) is 4.06. The van der Waals surface area contributed by atoms with Crippen LogP contribution in [-0.2, 0) is 11.0 Å². The maximum absolute atomic E-state index is 12.8. The second kappa shape index (κ2) is 6.62. The molecule has 0 spiro atoms. The molecule has 9 heteroatoms. The summed E-state index contributed by atoms with van der Waals surface area (Å²) in [6.45, 7) is 1.87. The normalized spacial score (nSPS) is 25.4. The van der Waals surface area contributed by atoms with E-state index in [1.165, 1.54) is 12.1 Å². The molecule has 24 heavy (non-hydrogen) atoms. The van der Waals surface area contributed by atoms with Gasteiger partial charge in [-0.3, -0.25) is 4.79 Å². The number of nitrogens with one attached hydrogen (secondary N) is 2. The number of rotatable bonds is 2. The van der Waals surface area contributed by atoms with Crippen molar-refractivity contribution >= 4 is 5.91 Å². The highest BCUT2D eigenvalue weighted by Gasteiger charge is 2.41. The van der Waals surface area contributed by atoms with Crippen molar-refractivity contribution < 1.29 is 31.1 Å². The van der Waals surface area contributed by atoms with Crippen LogP contribution in [0.2, 0.25) is 0 Å². The van der Waals surface area contributed by atoms with E-state index in [4.69, 9.17) is 0 Å². The van der Waals surface area contributed by atoms with Gasteiger partial charge in [0.25, 0.3) is 0 Å². The summed E-state index contributed by atoms with van der Waals surface area (Å²) >= 11 is 0. The molecule has 1 heterocycles. The van der Waals surface area contributed by atoms with Gasteiger partial charge in [-0.1, -0.05) is 18.2 Å². The number of carbonyl (C=O) groups excluding carboxylic acids is 1. The van der Waals surface area contributed by atoms with Crippen molar-refractivity contribution in [2.24, 2.45) is 0 Å². The van der Waals surface area contributed by atoms with Crippen LogP contribution in [0, 0.1) is 0 Å². The van der Waals surface area contributed by atoms with Crippen molar-refractivity contribution in [1.82, 2.24) is 10.6 Å². The lowest BCUT2D eigenvalue weighted by Crippen LogP contribution is -2.54. The van der Waals surface area contributed by atoms with E-state index in [9.17, 15) is 31.1 Å². The summed E-state index contributed by atoms with van der Waals surface area (Å²) in [4.78, 5) is 11.0. The van der Waals surface area contributed by atoms with Crippen LogP contribution >= 0.6 is 0 Å². The summed E-state index contributed by atoms with van der Waals surface area (Å²) in [5.74, 6) is -2.49. The first-order valence-electron chi connectivity index (χ1n) is 7.26. The average Bonchev–Trinajstić information content (AvgIpc) is 2.47. The number of hydrogen-bond acceptors (Lipinski definition) is 2. The lowest BCUT2D eigenvalue weighted by molar-refractivity contribution is -0.174. The maximum Gasteiger partial charge on any atom is 0.471 e. The van der Waals surface area contributed by atoms with E-state index in [2.05, 4.69) is 5.32 Å². The van der Waals surface area contributed by atoms with Gasteiger partial charge < -0.3 is 10.6 Å². The fourth-order valence-electron chi connectivity index (χ4n) is 2.81. The summed E-state index contributed by atoms with van der Waals surface area (Å²) in [6.07, 6.45) is -9.36. The molecule has 1 aliphatic heterocycles. The first-order valence-corrected chi connectivity index (χ1v) is 7.26. The molecule has 0 saturated carbocycles. The van der Waals surface area contributed by atoms with Gasteiger partial charge in [-0.2, -0.15) is 26.3 Å². The molecule has 0 bridgehead atoms. The molecule has 3 unspecified atom stereocenters. The predicted octanol–water partition coefficient (Wildman–Crippen LogP) is 3.22. The molecular weight excluding hydrogens is 338 g/mol. The monoisotopic (exact) mass is 354 g/mol. The molecule has 1 aromatic carbocycles. The smallest absolute Gasteiger partial charge is 0.344 e. The highest BCUT2D eigenvalue weighted by molar-refractivity contribution is 5.82. The lowest BCUT2D eigenvalue weighted by atomic mass is 9.83. The Labute approximate surface area is 134 Å². The van der Waals surface area contributed by atoms with Crippen molar-refractivity contribution in [1.29, 1.82) is 0 Å². The molecule has 1 fully saturated rings. The number of carbonyl (C=O) groups is 1. The Balaban J connectivity index is 2.16. The zero-order valence-electron chi connectivity index (χ0n) is 12.6. The van der Waals surface area contributed by atoms with Crippen molar-refractivity contribution in [3.05, 3.63) is 35.4 Å². The number of alkyl halides is 6. The fourth-order valence-corrected chi connectivity index (χ4v) is 2.81. The number of amides is 1. The summed E-state index contributed by atoms with van der Waals surface area (Å²) < 4.78 is 75.4. The molecule has 2 rings (SSSR count). The maximum atomic E-state index is 12.8. The van der Waals surface area contributed by atoms with Crippen molar-refractivity contribution in [2.45, 2.75) is 43.7 Å². The van der Waals surface area contributed by atoms with Crippen LogP contribution in [-0.4, -0.2) is 30.7 Å². The minimum Gasteiger partial charge on any atom is -0.344 e. The molecule has 3 nitrogen and oxygen atoms in total. The second-order valence-corrected chi connectivity index (χ2v) is 5.83. The van der Waals surface area contributed by atoms with Crippen molar-refractivity contribution in [3.8, 4) is 0 Å². The Morgan fingerprint density at radius 2 is 1.88 bits per heavy atom. The minimum atomic E-state index is -4.99. The molecule has 1 saturated heterocycles. The zero-order chi connectivity index (χ0) is 18.1.